The molecule has 1 saturated heterocycles. The SMILES string of the molecule is CC(C)N1CC[C@H](CCc2ccc(NC(=O)Cn3ncc4ccccc4c3=O)cc2)[C@@H](C)C1. The number of amides is 1. The van der Waals surface area contributed by atoms with Crippen LogP contribution in [0.3, 0.4) is 0 Å². The van der Waals surface area contributed by atoms with E-state index < -0.39 is 0 Å². The van der Waals surface area contributed by atoms with Gasteiger partial charge in [-0.2, -0.15) is 5.10 Å². The molecule has 174 valence electrons. The van der Waals surface area contributed by atoms with E-state index in [0.717, 1.165) is 29.3 Å². The summed E-state index contributed by atoms with van der Waals surface area (Å²) >= 11 is 0. The lowest BCUT2D eigenvalue weighted by atomic mass is 9.82. The molecule has 6 nitrogen and oxygen atoms in total. The van der Waals surface area contributed by atoms with Crippen molar-refractivity contribution in [1.82, 2.24) is 14.7 Å². The first-order valence-corrected chi connectivity index (χ1v) is 12.0. The Morgan fingerprint density at radius 3 is 2.64 bits per heavy atom. The van der Waals surface area contributed by atoms with Gasteiger partial charge < -0.3 is 10.2 Å². The van der Waals surface area contributed by atoms with Gasteiger partial charge in [-0.3, -0.25) is 9.59 Å². The third kappa shape index (κ3) is 5.69. The number of aromatic nitrogens is 2. The van der Waals surface area contributed by atoms with Gasteiger partial charge in [-0.05, 0) is 75.3 Å². The second kappa shape index (κ2) is 10.3. The van der Waals surface area contributed by atoms with E-state index in [2.05, 4.69) is 48.2 Å². The molecule has 2 heterocycles. The fourth-order valence-electron chi connectivity index (χ4n) is 4.81. The number of hydrogen-bond acceptors (Lipinski definition) is 4. The Morgan fingerprint density at radius 2 is 1.91 bits per heavy atom. The average Bonchev–Trinajstić information content (AvgIpc) is 2.81. The summed E-state index contributed by atoms with van der Waals surface area (Å²) in [5.74, 6) is 1.23. The van der Waals surface area contributed by atoms with Crippen molar-refractivity contribution in [1.29, 1.82) is 0 Å². The predicted molar refractivity (Wildman–Crippen MR) is 133 cm³/mol. The first-order chi connectivity index (χ1) is 15.9. The van der Waals surface area contributed by atoms with E-state index in [4.69, 9.17) is 0 Å². The molecule has 1 aromatic heterocycles. The van der Waals surface area contributed by atoms with Crippen molar-refractivity contribution in [2.24, 2.45) is 11.8 Å². The maximum absolute atomic E-state index is 12.6. The van der Waals surface area contributed by atoms with E-state index in [1.54, 1.807) is 12.3 Å². The van der Waals surface area contributed by atoms with Crippen LogP contribution in [0.25, 0.3) is 10.8 Å². The summed E-state index contributed by atoms with van der Waals surface area (Å²) in [4.78, 5) is 27.6. The van der Waals surface area contributed by atoms with E-state index in [1.807, 2.05) is 30.3 Å². The van der Waals surface area contributed by atoms with Crippen molar-refractivity contribution in [3.8, 4) is 0 Å². The number of nitrogens with zero attached hydrogens (tertiary/aromatic N) is 3. The lowest BCUT2D eigenvalue weighted by Gasteiger charge is -2.39. The highest BCUT2D eigenvalue weighted by molar-refractivity contribution is 5.90. The van der Waals surface area contributed by atoms with Crippen molar-refractivity contribution >= 4 is 22.4 Å². The van der Waals surface area contributed by atoms with Gasteiger partial charge in [0.05, 0.1) is 11.6 Å². The van der Waals surface area contributed by atoms with E-state index >= 15 is 0 Å². The Hall–Kier alpha value is -2.99. The number of fused-ring (bicyclic) bond motifs is 1. The molecular formula is C27H34N4O2. The average molecular weight is 447 g/mol. The number of carbonyl (C=O) groups excluding carboxylic acids is 1. The smallest absolute Gasteiger partial charge is 0.275 e. The van der Waals surface area contributed by atoms with E-state index in [0.29, 0.717) is 11.4 Å². The normalized spacial score (nSPS) is 19.2. The highest BCUT2D eigenvalue weighted by Gasteiger charge is 2.26. The molecule has 1 N–H and O–H groups in total. The topological polar surface area (TPSA) is 67.2 Å². The number of anilines is 1. The molecule has 0 unspecified atom stereocenters. The molecule has 0 bridgehead atoms. The minimum Gasteiger partial charge on any atom is -0.324 e. The summed E-state index contributed by atoms with van der Waals surface area (Å²) in [6.45, 7) is 9.23. The van der Waals surface area contributed by atoms with Crippen molar-refractivity contribution in [3.05, 3.63) is 70.6 Å². The van der Waals surface area contributed by atoms with Crippen LogP contribution in [0.5, 0.6) is 0 Å². The van der Waals surface area contributed by atoms with Crippen LogP contribution in [-0.4, -0.2) is 39.7 Å². The Morgan fingerprint density at radius 1 is 1.15 bits per heavy atom. The zero-order valence-corrected chi connectivity index (χ0v) is 19.8. The Labute approximate surface area is 195 Å². The molecule has 0 saturated carbocycles. The van der Waals surface area contributed by atoms with Crippen molar-refractivity contribution in [3.63, 3.8) is 0 Å². The largest absolute Gasteiger partial charge is 0.324 e. The van der Waals surface area contributed by atoms with Crippen LogP contribution < -0.4 is 10.9 Å². The maximum Gasteiger partial charge on any atom is 0.275 e. The molecule has 2 atom stereocenters. The number of rotatable bonds is 7. The molecular weight excluding hydrogens is 412 g/mol. The summed E-state index contributed by atoms with van der Waals surface area (Å²) in [7, 11) is 0. The summed E-state index contributed by atoms with van der Waals surface area (Å²) < 4.78 is 1.21. The lowest BCUT2D eigenvalue weighted by molar-refractivity contribution is -0.117. The molecule has 1 fully saturated rings. The minimum absolute atomic E-state index is 0.113. The summed E-state index contributed by atoms with van der Waals surface area (Å²) in [5.41, 5.74) is 1.77. The molecule has 4 rings (SSSR count). The second-order valence-corrected chi connectivity index (χ2v) is 9.59. The van der Waals surface area contributed by atoms with Gasteiger partial charge in [-0.15, -0.1) is 0 Å². The third-order valence-electron chi connectivity index (χ3n) is 6.94. The van der Waals surface area contributed by atoms with E-state index in [1.165, 1.54) is 36.2 Å². The van der Waals surface area contributed by atoms with Crippen molar-refractivity contribution in [2.75, 3.05) is 18.4 Å². The van der Waals surface area contributed by atoms with Crippen LogP contribution in [0.15, 0.2) is 59.5 Å². The maximum atomic E-state index is 12.6. The standard InChI is InChI=1S/C27H34N4O2/c1-19(2)30-15-14-22(20(3)17-30)11-8-21-9-12-24(13-10-21)29-26(32)18-31-27(33)25-7-5-4-6-23(25)16-28-31/h4-7,9-10,12-13,16,19-20,22H,8,11,14-15,17-18H2,1-3H3,(H,29,32)/t20-,22-/m0/s1. The number of piperidine rings is 1. The molecule has 33 heavy (non-hydrogen) atoms. The van der Waals surface area contributed by atoms with Gasteiger partial charge in [-0.1, -0.05) is 37.3 Å². The number of aryl methyl sites for hydroxylation is 1. The monoisotopic (exact) mass is 446 g/mol. The van der Waals surface area contributed by atoms with Crippen LogP contribution in [0.2, 0.25) is 0 Å². The third-order valence-corrected chi connectivity index (χ3v) is 6.94. The number of carbonyl (C=O) groups is 1. The predicted octanol–water partition coefficient (Wildman–Crippen LogP) is 4.33. The van der Waals surface area contributed by atoms with Crippen LogP contribution in [0.1, 0.15) is 39.2 Å². The fourth-order valence-corrected chi connectivity index (χ4v) is 4.81. The molecule has 1 aliphatic rings. The van der Waals surface area contributed by atoms with Gasteiger partial charge >= 0.3 is 0 Å². The highest BCUT2D eigenvalue weighted by Crippen LogP contribution is 2.28. The molecule has 6 heteroatoms. The van der Waals surface area contributed by atoms with Crippen LogP contribution in [-0.2, 0) is 17.8 Å². The van der Waals surface area contributed by atoms with E-state index in [-0.39, 0.29) is 18.0 Å². The summed E-state index contributed by atoms with van der Waals surface area (Å²) in [6.07, 6.45) is 5.15. The molecule has 2 aromatic carbocycles. The van der Waals surface area contributed by atoms with E-state index in [9.17, 15) is 9.59 Å². The number of benzene rings is 2. The van der Waals surface area contributed by atoms with Crippen LogP contribution >= 0.6 is 0 Å². The number of hydrogen-bond donors (Lipinski definition) is 1. The number of nitrogens with one attached hydrogen (secondary N) is 1. The van der Waals surface area contributed by atoms with Gasteiger partial charge in [-0.25, -0.2) is 4.68 Å². The summed E-state index contributed by atoms with van der Waals surface area (Å²) in [6, 6.07) is 15.9. The first-order valence-electron chi connectivity index (χ1n) is 12.0. The zero-order valence-electron chi connectivity index (χ0n) is 19.8. The van der Waals surface area contributed by atoms with Crippen LogP contribution in [0, 0.1) is 11.8 Å². The Bertz CT molecular complexity index is 1150. The first kappa shape index (κ1) is 23.2. The van der Waals surface area contributed by atoms with Crippen molar-refractivity contribution in [2.45, 2.75) is 52.6 Å². The second-order valence-electron chi connectivity index (χ2n) is 9.59. The van der Waals surface area contributed by atoms with Gasteiger partial charge in [0.2, 0.25) is 5.91 Å². The Balaban J connectivity index is 1.29. The van der Waals surface area contributed by atoms with Crippen LogP contribution in [0.4, 0.5) is 5.69 Å². The molecule has 0 radical (unpaired) electrons. The minimum atomic E-state index is -0.265. The van der Waals surface area contributed by atoms with Gasteiger partial charge in [0, 0.05) is 23.7 Å². The molecule has 0 spiro atoms. The zero-order chi connectivity index (χ0) is 23.4. The molecule has 3 aromatic rings. The van der Waals surface area contributed by atoms with Gasteiger partial charge in [0.1, 0.15) is 6.54 Å². The van der Waals surface area contributed by atoms with Gasteiger partial charge in [0.25, 0.3) is 5.56 Å². The van der Waals surface area contributed by atoms with Gasteiger partial charge in [0.15, 0.2) is 0 Å². The quantitative estimate of drug-likeness (QED) is 0.586. The lowest BCUT2D eigenvalue weighted by Crippen LogP contribution is -2.43. The number of likely N-dealkylation sites (tertiary alicyclic amines) is 1. The molecule has 1 amide bonds. The summed E-state index contributed by atoms with van der Waals surface area (Å²) in [5, 5.41) is 8.34. The molecule has 0 aliphatic carbocycles. The highest BCUT2D eigenvalue weighted by atomic mass is 16.2. The molecule has 1 aliphatic heterocycles. The van der Waals surface area contributed by atoms with Crippen molar-refractivity contribution < 1.29 is 4.79 Å². The Kier molecular flexibility index (Phi) is 7.23. The fraction of sp³-hybridized carbons (Fsp3) is 0.444.